The van der Waals surface area contributed by atoms with Crippen LogP contribution in [0.15, 0.2) is 24.3 Å². The van der Waals surface area contributed by atoms with Crippen LogP contribution in [-0.2, 0) is 0 Å². The molecule has 1 aromatic rings. The van der Waals surface area contributed by atoms with Gasteiger partial charge < -0.3 is 10.1 Å². The molecule has 1 aromatic carbocycles. The van der Waals surface area contributed by atoms with Gasteiger partial charge in [0.2, 0.25) is 0 Å². The second-order valence-electron chi connectivity index (χ2n) is 2.50. The van der Waals surface area contributed by atoms with Crippen LogP contribution in [0.25, 0.3) is 0 Å². The number of likely N-dealkylation sites (N-methyl/N-ethyl adjacent to an activating group) is 1. The first-order valence-corrected chi connectivity index (χ1v) is 4.37. The van der Waals surface area contributed by atoms with Gasteiger partial charge in [-0.25, -0.2) is 0 Å². The van der Waals surface area contributed by atoms with Crippen molar-refractivity contribution in [3.8, 4) is 5.75 Å². The van der Waals surface area contributed by atoms with E-state index < -0.39 is 0 Å². The van der Waals surface area contributed by atoms with Gasteiger partial charge in [0.25, 0.3) is 0 Å². The first-order valence-electron chi connectivity index (χ1n) is 3.99. The highest BCUT2D eigenvalue weighted by molar-refractivity contribution is 6.30. The zero-order chi connectivity index (χ0) is 8.81. The summed E-state index contributed by atoms with van der Waals surface area (Å²) in [6.45, 7) is 1.68. The predicted octanol–water partition coefficient (Wildman–Crippen LogP) is 0.912. The minimum Gasteiger partial charge on any atom is -0.488 e. The molecule has 0 aliphatic rings. The van der Waals surface area contributed by atoms with Gasteiger partial charge in [-0.05, 0) is 18.2 Å². The quantitative estimate of drug-likeness (QED) is 0.696. The summed E-state index contributed by atoms with van der Waals surface area (Å²) in [6.07, 6.45) is 0. The van der Waals surface area contributed by atoms with Gasteiger partial charge in [0.1, 0.15) is 18.9 Å². The van der Waals surface area contributed by atoms with Crippen LogP contribution in [0, 0.1) is 0 Å². The molecule has 0 aliphatic carbocycles. The third-order valence-electron chi connectivity index (χ3n) is 1.47. The molecular formula is C9H13ClNO+. The van der Waals surface area contributed by atoms with E-state index in [1.807, 2.05) is 31.3 Å². The molecular weight excluding hydrogens is 174 g/mol. The number of halogens is 1. The Bertz CT molecular complexity index is 240. The average molecular weight is 187 g/mol. The van der Waals surface area contributed by atoms with E-state index in [1.165, 1.54) is 0 Å². The standard InChI is InChI=1S/C9H12ClNO/c1-11-5-6-12-9-4-2-3-8(10)7-9/h2-4,7,11H,5-6H2,1H3/p+1. The summed E-state index contributed by atoms with van der Waals surface area (Å²) in [6, 6.07) is 7.44. The van der Waals surface area contributed by atoms with Crippen molar-refractivity contribution >= 4 is 11.6 Å². The molecule has 0 fully saturated rings. The van der Waals surface area contributed by atoms with Crippen LogP contribution >= 0.6 is 11.6 Å². The van der Waals surface area contributed by atoms with Crippen LogP contribution in [0.2, 0.25) is 5.02 Å². The van der Waals surface area contributed by atoms with Crippen molar-refractivity contribution < 1.29 is 10.1 Å². The zero-order valence-corrected chi connectivity index (χ0v) is 7.84. The lowest BCUT2D eigenvalue weighted by atomic mass is 10.3. The van der Waals surface area contributed by atoms with Gasteiger partial charge in [-0.3, -0.25) is 0 Å². The van der Waals surface area contributed by atoms with Crippen molar-refractivity contribution in [2.45, 2.75) is 0 Å². The minimum absolute atomic E-state index is 0.716. The van der Waals surface area contributed by atoms with E-state index in [4.69, 9.17) is 16.3 Å². The number of nitrogens with two attached hydrogens (primary N) is 1. The van der Waals surface area contributed by atoms with Crippen LogP contribution in [0.4, 0.5) is 0 Å². The Labute approximate surface area is 77.5 Å². The van der Waals surface area contributed by atoms with Crippen molar-refractivity contribution in [1.29, 1.82) is 0 Å². The van der Waals surface area contributed by atoms with Crippen molar-refractivity contribution in [3.63, 3.8) is 0 Å². The fraction of sp³-hybridized carbons (Fsp3) is 0.333. The summed E-state index contributed by atoms with van der Waals surface area (Å²) in [4.78, 5) is 0. The number of hydrogen-bond acceptors (Lipinski definition) is 1. The molecule has 0 saturated heterocycles. The summed E-state index contributed by atoms with van der Waals surface area (Å²) < 4.78 is 5.41. The van der Waals surface area contributed by atoms with E-state index in [0.29, 0.717) is 5.02 Å². The lowest BCUT2D eigenvalue weighted by molar-refractivity contribution is -0.627. The molecule has 66 valence electrons. The van der Waals surface area contributed by atoms with Gasteiger partial charge in [-0.15, -0.1) is 0 Å². The van der Waals surface area contributed by atoms with Crippen molar-refractivity contribution in [2.24, 2.45) is 0 Å². The van der Waals surface area contributed by atoms with Crippen LogP contribution < -0.4 is 10.1 Å². The maximum absolute atomic E-state index is 5.77. The van der Waals surface area contributed by atoms with Crippen molar-refractivity contribution in [3.05, 3.63) is 29.3 Å². The van der Waals surface area contributed by atoms with E-state index >= 15 is 0 Å². The van der Waals surface area contributed by atoms with Gasteiger partial charge >= 0.3 is 0 Å². The Kier molecular flexibility index (Phi) is 3.91. The molecule has 0 saturated carbocycles. The second-order valence-corrected chi connectivity index (χ2v) is 2.94. The average Bonchev–Trinajstić information content (AvgIpc) is 2.05. The number of benzene rings is 1. The summed E-state index contributed by atoms with van der Waals surface area (Å²) in [5, 5.41) is 2.79. The number of rotatable bonds is 4. The molecule has 0 heterocycles. The summed E-state index contributed by atoms with van der Waals surface area (Å²) in [5.41, 5.74) is 0. The molecule has 0 bridgehead atoms. The van der Waals surface area contributed by atoms with Crippen LogP contribution in [0.5, 0.6) is 5.75 Å². The minimum atomic E-state index is 0.716. The summed E-state index contributed by atoms with van der Waals surface area (Å²) in [7, 11) is 2.02. The first kappa shape index (κ1) is 9.36. The smallest absolute Gasteiger partial charge is 0.137 e. The Morgan fingerprint density at radius 1 is 1.50 bits per heavy atom. The molecule has 0 atom stereocenters. The van der Waals surface area contributed by atoms with E-state index in [0.717, 1.165) is 18.9 Å². The third kappa shape index (κ3) is 3.11. The molecule has 2 nitrogen and oxygen atoms in total. The van der Waals surface area contributed by atoms with E-state index in [1.54, 1.807) is 0 Å². The second kappa shape index (κ2) is 5.01. The molecule has 0 aromatic heterocycles. The lowest BCUT2D eigenvalue weighted by Gasteiger charge is -2.03. The molecule has 1 rings (SSSR count). The largest absolute Gasteiger partial charge is 0.488 e. The molecule has 0 amide bonds. The Balaban J connectivity index is 2.41. The maximum atomic E-state index is 5.77. The van der Waals surface area contributed by atoms with Crippen molar-refractivity contribution in [2.75, 3.05) is 20.2 Å². The van der Waals surface area contributed by atoms with Gasteiger partial charge in [0.15, 0.2) is 0 Å². The molecule has 0 radical (unpaired) electrons. The van der Waals surface area contributed by atoms with E-state index in [2.05, 4.69) is 5.32 Å². The van der Waals surface area contributed by atoms with Crippen molar-refractivity contribution in [1.82, 2.24) is 0 Å². The first-order chi connectivity index (χ1) is 5.83. The molecule has 0 spiro atoms. The highest BCUT2D eigenvalue weighted by Crippen LogP contribution is 2.16. The number of ether oxygens (including phenoxy) is 1. The molecule has 0 unspecified atom stereocenters. The SMILES string of the molecule is C[NH2+]CCOc1cccc(Cl)c1. The molecule has 12 heavy (non-hydrogen) atoms. The highest BCUT2D eigenvalue weighted by atomic mass is 35.5. The Morgan fingerprint density at radius 2 is 2.33 bits per heavy atom. The highest BCUT2D eigenvalue weighted by Gasteiger charge is 1.93. The normalized spacial score (nSPS) is 9.83. The summed E-state index contributed by atoms with van der Waals surface area (Å²) >= 11 is 5.77. The van der Waals surface area contributed by atoms with Gasteiger partial charge in [0.05, 0.1) is 7.05 Å². The number of hydrogen-bond donors (Lipinski definition) is 1. The van der Waals surface area contributed by atoms with Gasteiger partial charge in [0, 0.05) is 5.02 Å². The van der Waals surface area contributed by atoms with Gasteiger partial charge in [-0.1, -0.05) is 17.7 Å². The Hall–Kier alpha value is -0.730. The number of quaternary nitrogens is 1. The molecule has 2 N–H and O–H groups in total. The fourth-order valence-electron chi connectivity index (χ4n) is 0.851. The topological polar surface area (TPSA) is 25.8 Å². The van der Waals surface area contributed by atoms with Gasteiger partial charge in [-0.2, -0.15) is 0 Å². The molecule has 3 heteroatoms. The molecule has 0 aliphatic heterocycles. The van der Waals surface area contributed by atoms with Crippen LogP contribution in [0.3, 0.4) is 0 Å². The summed E-state index contributed by atoms with van der Waals surface area (Å²) in [5.74, 6) is 0.837. The van der Waals surface area contributed by atoms with Crippen LogP contribution in [-0.4, -0.2) is 20.2 Å². The van der Waals surface area contributed by atoms with Crippen LogP contribution in [0.1, 0.15) is 0 Å². The zero-order valence-electron chi connectivity index (χ0n) is 7.09. The maximum Gasteiger partial charge on any atom is 0.137 e. The third-order valence-corrected chi connectivity index (χ3v) is 1.71. The monoisotopic (exact) mass is 186 g/mol. The van der Waals surface area contributed by atoms with E-state index in [-0.39, 0.29) is 0 Å². The van der Waals surface area contributed by atoms with E-state index in [9.17, 15) is 0 Å². The Morgan fingerprint density at radius 3 is 3.00 bits per heavy atom. The predicted molar refractivity (Wildman–Crippen MR) is 49.7 cm³/mol. The lowest BCUT2D eigenvalue weighted by Crippen LogP contribution is -2.80. The fourth-order valence-corrected chi connectivity index (χ4v) is 1.03.